The minimum absolute atomic E-state index is 0.0367. The van der Waals surface area contributed by atoms with Crippen LogP contribution in [0.2, 0.25) is 0 Å². The van der Waals surface area contributed by atoms with E-state index in [0.29, 0.717) is 11.3 Å². The van der Waals surface area contributed by atoms with Crippen molar-refractivity contribution in [3.05, 3.63) is 113 Å². The molecule has 0 spiro atoms. The van der Waals surface area contributed by atoms with Crippen molar-refractivity contribution >= 4 is 45.4 Å². The maximum atomic E-state index is 12.5. The first-order chi connectivity index (χ1) is 21.2. The maximum Gasteiger partial charge on any atom is 0.0146 e. The zero-order chi connectivity index (χ0) is 33.1. The molecule has 1 saturated heterocycles. The van der Waals surface area contributed by atoms with Gasteiger partial charge in [0.25, 0.3) is 0 Å². The molecule has 0 unspecified atom stereocenters. The minimum atomic E-state index is -3.63. The third-order valence-corrected chi connectivity index (χ3v) is 10.9. The Morgan fingerprint density at radius 1 is 0.800 bits per heavy atom. The van der Waals surface area contributed by atoms with Gasteiger partial charge in [-0.3, -0.25) is 0 Å². The Morgan fingerprint density at radius 2 is 1.27 bits per heavy atom. The number of aryl methyl sites for hydroxylation is 6. The number of ether oxygens (including phenoxy) is 1. The molecule has 244 valence electrons. The van der Waals surface area contributed by atoms with Gasteiger partial charge in [0.2, 0.25) is 0 Å². The quantitative estimate of drug-likeness (QED) is 0.140. The molecular formula is C35H42Cl2N3O3RuS-. The number of halogens is 2. The van der Waals surface area contributed by atoms with Crippen LogP contribution in [0.15, 0.2) is 71.9 Å². The van der Waals surface area contributed by atoms with Gasteiger partial charge in [0.15, 0.2) is 0 Å². The molecule has 45 heavy (non-hydrogen) atoms. The fourth-order valence-corrected chi connectivity index (χ4v) is 8.91. The summed E-state index contributed by atoms with van der Waals surface area (Å²) in [6.45, 7) is 21.4. The first kappa shape index (κ1) is 35.2. The van der Waals surface area contributed by atoms with E-state index in [2.05, 4.69) is 82.3 Å². The second-order valence-corrected chi connectivity index (χ2v) is 19.3. The number of aromatic nitrogens is 1. The third kappa shape index (κ3) is 8.59. The molecule has 0 atom stereocenters. The summed E-state index contributed by atoms with van der Waals surface area (Å²) in [5.41, 5.74) is 11.4. The van der Waals surface area contributed by atoms with Crippen molar-refractivity contribution in [2.24, 2.45) is 0 Å². The number of benzene rings is 3. The molecule has 0 saturated carbocycles. The smallest absolute Gasteiger partial charge is 0.0146 e. The van der Waals surface area contributed by atoms with Gasteiger partial charge in [-0.25, -0.2) is 0 Å². The summed E-state index contributed by atoms with van der Waals surface area (Å²) in [6, 6.07) is 17.1. The van der Waals surface area contributed by atoms with Gasteiger partial charge in [0.05, 0.1) is 0 Å². The summed E-state index contributed by atoms with van der Waals surface area (Å²) >= 11 is -2.11. The number of hydrogen-bond acceptors (Lipinski definition) is 5. The topological polar surface area (TPSA) is 54.8 Å². The summed E-state index contributed by atoms with van der Waals surface area (Å²) in [6.07, 6.45) is 2.93. The predicted molar refractivity (Wildman–Crippen MR) is 186 cm³/mol. The average molecular weight is 757 g/mol. The molecule has 4 aromatic rings. The van der Waals surface area contributed by atoms with E-state index >= 15 is 0 Å². The molecule has 1 fully saturated rings. The Bertz CT molecular complexity index is 1690. The molecule has 2 heterocycles. The van der Waals surface area contributed by atoms with Crippen LogP contribution in [0, 0.1) is 48.2 Å². The van der Waals surface area contributed by atoms with Gasteiger partial charge in [-0.2, -0.15) is 6.67 Å². The fraction of sp³-hybridized carbons (Fsp3) is 0.314. The predicted octanol–water partition coefficient (Wildman–Crippen LogP) is 8.57. The fourth-order valence-electron chi connectivity index (χ4n) is 5.90. The molecule has 0 radical (unpaired) electrons. The van der Waals surface area contributed by atoms with Crippen LogP contribution >= 0.6 is 19.4 Å². The van der Waals surface area contributed by atoms with Crippen molar-refractivity contribution in [2.75, 3.05) is 22.9 Å². The van der Waals surface area contributed by atoms with Crippen LogP contribution in [0.4, 0.5) is 11.4 Å². The van der Waals surface area contributed by atoms with Crippen LogP contribution in [-0.2, 0) is 23.5 Å². The van der Waals surface area contributed by atoms with Gasteiger partial charge in [0, 0.05) is 24.5 Å². The first-order valence-corrected chi connectivity index (χ1v) is 21.7. The monoisotopic (exact) mass is 756 g/mol. The van der Waals surface area contributed by atoms with E-state index in [0.717, 1.165) is 17.1 Å². The number of anilines is 2. The van der Waals surface area contributed by atoms with Crippen LogP contribution in [0.25, 0.3) is 0 Å². The Kier molecular flexibility index (Phi) is 11.6. The zero-order valence-electron chi connectivity index (χ0n) is 27.1. The van der Waals surface area contributed by atoms with E-state index in [1.807, 2.05) is 13.8 Å². The molecule has 1 aliphatic heterocycles. The van der Waals surface area contributed by atoms with E-state index in [1.54, 1.807) is 28.9 Å². The summed E-state index contributed by atoms with van der Waals surface area (Å²) in [7, 11) is 8.23. The van der Waals surface area contributed by atoms with Gasteiger partial charge >= 0.3 is 144 Å². The maximum absolute atomic E-state index is 12.5. The standard InChI is InChI=1S/C21H27N2.C14H15NO3S.2ClH.Ru/c1-14-9-16(3)20(17(4)10-14)22-7-8-23(13-22)21-18(5)11-15(2)12-19(21)6;1-11(2)18-14-7-6-13(10-12(14)3)19(16,17)15-8-4-5-9-15;;;/h9-13H,7-8H2,1-6H3;3-11H,1-2H3;2*1H;/q-1;;;;+2/p-2. The Balaban J connectivity index is 0.000000205. The van der Waals surface area contributed by atoms with Gasteiger partial charge < -0.3 is 9.80 Å². The average Bonchev–Trinajstić information content (AvgIpc) is 3.62. The van der Waals surface area contributed by atoms with Crippen LogP contribution < -0.4 is 14.5 Å². The Hall–Kier alpha value is -2.64. The largest absolute Gasteiger partial charge is 0.502 e. The van der Waals surface area contributed by atoms with E-state index in [1.165, 1.54) is 63.2 Å². The summed E-state index contributed by atoms with van der Waals surface area (Å²) in [5.74, 6) is 0.571. The molecule has 0 amide bonds. The Labute approximate surface area is 282 Å². The molecule has 1 aromatic heterocycles. The second kappa shape index (κ2) is 14.9. The first-order valence-electron chi connectivity index (χ1n) is 14.7. The SMILES string of the molecule is CC(C)Oc1ccc(S(=O)(=O)n2cccc2)cc1[CH]=[Ru]([Cl])[Cl].Cc1cc(C)c(N2[CH-]N(c3c(C)cc(C)cc3C)CC2)c(C)c1. The van der Waals surface area contributed by atoms with E-state index in [4.69, 9.17) is 24.1 Å². The van der Waals surface area contributed by atoms with Crippen molar-refractivity contribution in [3.8, 4) is 5.75 Å². The van der Waals surface area contributed by atoms with Gasteiger partial charge in [0.1, 0.15) is 0 Å². The molecule has 6 nitrogen and oxygen atoms in total. The van der Waals surface area contributed by atoms with Crippen molar-refractivity contribution in [3.63, 3.8) is 0 Å². The van der Waals surface area contributed by atoms with Crippen molar-refractivity contribution in [1.82, 2.24) is 3.97 Å². The number of hydrogen-bond donors (Lipinski definition) is 0. The van der Waals surface area contributed by atoms with Crippen molar-refractivity contribution < 1.29 is 26.7 Å². The molecule has 0 N–H and O–H groups in total. The van der Waals surface area contributed by atoms with Crippen molar-refractivity contribution in [1.29, 1.82) is 0 Å². The van der Waals surface area contributed by atoms with E-state index in [9.17, 15) is 8.42 Å². The zero-order valence-corrected chi connectivity index (χ0v) is 31.1. The number of rotatable bonds is 7. The van der Waals surface area contributed by atoms with Crippen LogP contribution in [0.3, 0.4) is 0 Å². The van der Waals surface area contributed by atoms with Gasteiger partial charge in [-0.05, 0) is 63.8 Å². The third-order valence-electron chi connectivity index (χ3n) is 7.39. The van der Waals surface area contributed by atoms with Crippen LogP contribution in [-0.4, -0.2) is 36.2 Å². The van der Waals surface area contributed by atoms with E-state index < -0.39 is 23.5 Å². The van der Waals surface area contributed by atoms with Gasteiger partial charge in [-0.1, -0.05) is 35.4 Å². The number of nitrogens with zero attached hydrogens (tertiary/aromatic N) is 3. The molecule has 3 aromatic carbocycles. The second-order valence-electron chi connectivity index (χ2n) is 11.7. The molecular weight excluding hydrogens is 714 g/mol. The molecule has 5 rings (SSSR count). The molecule has 0 bridgehead atoms. The molecule has 0 aliphatic carbocycles. The van der Waals surface area contributed by atoms with Crippen molar-refractivity contribution in [2.45, 2.75) is 66.4 Å². The van der Waals surface area contributed by atoms with E-state index in [-0.39, 0.29) is 11.0 Å². The molecule has 10 heteroatoms. The molecule has 1 aliphatic rings. The summed E-state index contributed by atoms with van der Waals surface area (Å²) < 4.78 is 33.6. The van der Waals surface area contributed by atoms with Gasteiger partial charge in [-0.15, -0.1) is 0 Å². The Morgan fingerprint density at radius 3 is 1.69 bits per heavy atom. The van der Waals surface area contributed by atoms with Crippen LogP contribution in [0.5, 0.6) is 5.75 Å². The minimum Gasteiger partial charge on any atom is -0.502 e. The van der Waals surface area contributed by atoms with Crippen LogP contribution in [0.1, 0.15) is 52.8 Å². The summed E-state index contributed by atoms with van der Waals surface area (Å²) in [4.78, 5) is 4.97. The normalized spacial score (nSPS) is 13.5. The summed E-state index contributed by atoms with van der Waals surface area (Å²) in [5, 5.41) is 0.